The first kappa shape index (κ1) is 21.0. The number of fused-ring (bicyclic) bond motifs is 8. The first-order chi connectivity index (χ1) is 18.8. The van der Waals surface area contributed by atoms with Crippen LogP contribution in [0.3, 0.4) is 0 Å². The van der Waals surface area contributed by atoms with Crippen LogP contribution < -0.4 is 0 Å². The molecule has 176 valence electrons. The molecule has 7 aromatic carbocycles. The normalized spacial score (nSPS) is 11.7. The first-order valence-corrected chi connectivity index (χ1v) is 12.9. The topological polar surface area (TPSA) is 25.8 Å². The Labute approximate surface area is 219 Å². The molecule has 0 spiro atoms. The summed E-state index contributed by atoms with van der Waals surface area (Å²) in [4.78, 5) is 10.2. The summed E-state index contributed by atoms with van der Waals surface area (Å²) >= 11 is 0. The van der Waals surface area contributed by atoms with Crippen molar-refractivity contribution < 1.29 is 0 Å². The average molecular weight is 483 g/mol. The molecule has 0 radical (unpaired) electrons. The average Bonchev–Trinajstić information content (AvgIpc) is 3.00. The number of aromatic nitrogens is 2. The van der Waals surface area contributed by atoms with Crippen molar-refractivity contribution in [3.05, 3.63) is 133 Å². The van der Waals surface area contributed by atoms with Gasteiger partial charge in [-0.15, -0.1) is 0 Å². The molecule has 38 heavy (non-hydrogen) atoms. The van der Waals surface area contributed by atoms with Gasteiger partial charge >= 0.3 is 0 Å². The van der Waals surface area contributed by atoms with Gasteiger partial charge in [0.15, 0.2) is 0 Å². The first-order valence-electron chi connectivity index (χ1n) is 12.9. The highest BCUT2D eigenvalue weighted by atomic mass is 14.8. The molecule has 0 aliphatic carbocycles. The largest absolute Gasteiger partial charge is 0.244 e. The fraction of sp³-hybridized carbons (Fsp3) is 0. The van der Waals surface area contributed by atoms with Gasteiger partial charge in [0.05, 0.1) is 22.4 Å². The van der Waals surface area contributed by atoms with Gasteiger partial charge in [0.1, 0.15) is 0 Å². The zero-order valence-electron chi connectivity index (χ0n) is 20.6. The predicted molar refractivity (Wildman–Crippen MR) is 160 cm³/mol. The van der Waals surface area contributed by atoms with Gasteiger partial charge in [-0.3, -0.25) is 0 Å². The Morgan fingerprint density at radius 3 is 1.76 bits per heavy atom. The Morgan fingerprint density at radius 2 is 0.921 bits per heavy atom. The number of benzene rings is 7. The van der Waals surface area contributed by atoms with Crippen LogP contribution in [-0.2, 0) is 0 Å². The van der Waals surface area contributed by atoms with Crippen molar-refractivity contribution in [2.45, 2.75) is 0 Å². The highest BCUT2D eigenvalue weighted by molar-refractivity contribution is 6.25. The van der Waals surface area contributed by atoms with Crippen LogP contribution in [0.5, 0.6) is 0 Å². The summed E-state index contributed by atoms with van der Waals surface area (Å²) in [5.41, 5.74) is 5.74. The van der Waals surface area contributed by atoms with Crippen molar-refractivity contribution in [1.82, 2.24) is 9.97 Å². The summed E-state index contributed by atoms with van der Waals surface area (Å²) in [5, 5.41) is 10.1. The second-order valence-corrected chi connectivity index (χ2v) is 9.82. The highest BCUT2D eigenvalue weighted by Gasteiger charge is 2.15. The molecule has 0 unspecified atom stereocenters. The third kappa shape index (κ3) is 3.21. The molecule has 2 heteroatoms. The van der Waals surface area contributed by atoms with Gasteiger partial charge in [-0.25, -0.2) is 9.97 Å². The summed E-state index contributed by atoms with van der Waals surface area (Å²) in [6.45, 7) is 0. The lowest BCUT2D eigenvalue weighted by Crippen LogP contribution is -1.95. The molecule has 0 saturated carbocycles. The van der Waals surface area contributed by atoms with Gasteiger partial charge in [0, 0.05) is 11.1 Å². The third-order valence-electron chi connectivity index (χ3n) is 7.61. The molecule has 8 aromatic rings. The van der Waals surface area contributed by atoms with Gasteiger partial charge in [-0.05, 0) is 61.3 Å². The molecular weight excluding hydrogens is 460 g/mol. The van der Waals surface area contributed by atoms with E-state index in [2.05, 4.69) is 103 Å². The molecule has 0 aliphatic rings. The molecule has 0 aliphatic heterocycles. The molecule has 0 fully saturated rings. The van der Waals surface area contributed by atoms with Crippen LogP contribution in [0.4, 0.5) is 0 Å². The van der Waals surface area contributed by atoms with Gasteiger partial charge < -0.3 is 0 Å². The third-order valence-corrected chi connectivity index (χ3v) is 7.61. The number of rotatable bonds is 2. The van der Waals surface area contributed by atoms with Gasteiger partial charge in [-0.1, -0.05) is 115 Å². The monoisotopic (exact) mass is 482 g/mol. The van der Waals surface area contributed by atoms with Crippen LogP contribution in [0.1, 0.15) is 0 Å². The summed E-state index contributed by atoms with van der Waals surface area (Å²) in [7, 11) is 0. The zero-order valence-corrected chi connectivity index (χ0v) is 20.6. The van der Waals surface area contributed by atoms with E-state index in [1.54, 1.807) is 0 Å². The molecule has 1 aromatic heterocycles. The smallest absolute Gasteiger partial charge is 0.0973 e. The predicted octanol–water partition coefficient (Wildman–Crippen LogP) is 9.58. The van der Waals surface area contributed by atoms with Gasteiger partial charge in [-0.2, -0.15) is 0 Å². The van der Waals surface area contributed by atoms with Crippen molar-refractivity contribution >= 4 is 54.1 Å². The maximum atomic E-state index is 5.15. The van der Waals surface area contributed by atoms with E-state index in [1.165, 1.54) is 43.1 Å². The minimum absolute atomic E-state index is 0.900. The van der Waals surface area contributed by atoms with Crippen molar-refractivity contribution in [1.29, 1.82) is 0 Å². The number of hydrogen-bond donors (Lipinski definition) is 0. The van der Waals surface area contributed by atoms with Crippen molar-refractivity contribution in [3.8, 4) is 22.5 Å². The van der Waals surface area contributed by atoms with Gasteiger partial charge in [0.2, 0.25) is 0 Å². The minimum Gasteiger partial charge on any atom is -0.244 e. The maximum absolute atomic E-state index is 5.15. The lowest BCUT2D eigenvalue weighted by molar-refractivity contribution is 1.29. The number of nitrogens with zero attached hydrogens (tertiary/aromatic N) is 2. The van der Waals surface area contributed by atoms with Crippen LogP contribution in [-0.4, -0.2) is 9.97 Å². The summed E-state index contributed by atoms with van der Waals surface area (Å²) in [6.07, 6.45) is 0. The number of para-hydroxylation sites is 2. The quantitative estimate of drug-likeness (QED) is 0.229. The lowest BCUT2D eigenvalue weighted by Gasteiger charge is -2.13. The molecule has 2 nitrogen and oxygen atoms in total. The molecule has 8 rings (SSSR count). The fourth-order valence-corrected chi connectivity index (χ4v) is 5.79. The lowest BCUT2D eigenvalue weighted by atomic mass is 9.92. The van der Waals surface area contributed by atoms with E-state index in [0.717, 1.165) is 33.5 Å². The fourth-order valence-electron chi connectivity index (χ4n) is 5.79. The maximum Gasteiger partial charge on any atom is 0.0973 e. The van der Waals surface area contributed by atoms with E-state index in [1.807, 2.05) is 30.3 Å². The zero-order chi connectivity index (χ0) is 25.1. The van der Waals surface area contributed by atoms with E-state index in [4.69, 9.17) is 9.97 Å². The van der Waals surface area contributed by atoms with E-state index in [0.29, 0.717) is 0 Å². The van der Waals surface area contributed by atoms with E-state index >= 15 is 0 Å². The summed E-state index contributed by atoms with van der Waals surface area (Å²) < 4.78 is 0. The van der Waals surface area contributed by atoms with Crippen molar-refractivity contribution in [2.24, 2.45) is 0 Å². The standard InChI is InChI=1S/C36H22N2/c1-2-9-26(10-3-1)35-36(38-33-13-7-6-12-32(33)37-35)27-17-15-24-14-16-25-19-20-29-28-11-5-4-8-23(28)18-21-30(29)34(25)31(24)22-27/h1-22H. The van der Waals surface area contributed by atoms with Gasteiger partial charge in [0.25, 0.3) is 0 Å². The summed E-state index contributed by atoms with van der Waals surface area (Å²) in [6, 6.07) is 47.3. The molecule has 0 N–H and O–H groups in total. The Balaban J connectivity index is 1.46. The minimum atomic E-state index is 0.900. The Hall–Kier alpha value is -5.08. The van der Waals surface area contributed by atoms with Crippen LogP contribution in [0.15, 0.2) is 133 Å². The van der Waals surface area contributed by atoms with Crippen molar-refractivity contribution in [3.63, 3.8) is 0 Å². The molecule has 0 bridgehead atoms. The SMILES string of the molecule is c1ccc(-c2nc3ccccc3nc2-c2ccc3ccc4ccc5c6ccccc6ccc5c4c3c2)cc1. The Morgan fingerprint density at radius 1 is 0.342 bits per heavy atom. The Kier molecular flexibility index (Phi) is 4.55. The Bertz CT molecular complexity index is 2180. The van der Waals surface area contributed by atoms with Crippen molar-refractivity contribution in [2.75, 3.05) is 0 Å². The molecule has 1 heterocycles. The van der Waals surface area contributed by atoms with Crippen LogP contribution >= 0.6 is 0 Å². The molecule has 0 atom stereocenters. The van der Waals surface area contributed by atoms with E-state index < -0.39 is 0 Å². The van der Waals surface area contributed by atoms with E-state index in [9.17, 15) is 0 Å². The second-order valence-electron chi connectivity index (χ2n) is 9.82. The highest BCUT2D eigenvalue weighted by Crippen LogP contribution is 2.38. The van der Waals surface area contributed by atoms with Crippen LogP contribution in [0.25, 0.3) is 76.6 Å². The second kappa shape index (κ2) is 8.22. The van der Waals surface area contributed by atoms with E-state index in [-0.39, 0.29) is 0 Å². The molecule has 0 saturated heterocycles. The number of hydrogen-bond acceptors (Lipinski definition) is 2. The van der Waals surface area contributed by atoms with Crippen LogP contribution in [0, 0.1) is 0 Å². The molecule has 0 amide bonds. The molecular formula is C36H22N2. The van der Waals surface area contributed by atoms with Crippen LogP contribution in [0.2, 0.25) is 0 Å². The summed E-state index contributed by atoms with van der Waals surface area (Å²) in [5.74, 6) is 0.